The highest BCUT2D eigenvalue weighted by Crippen LogP contribution is 2.27. The first-order valence-electron chi connectivity index (χ1n) is 10.8. The van der Waals surface area contributed by atoms with Crippen LogP contribution in [0.2, 0.25) is 0 Å². The minimum atomic E-state index is -4.77. The summed E-state index contributed by atoms with van der Waals surface area (Å²) in [6.07, 6.45) is -3.99. The summed E-state index contributed by atoms with van der Waals surface area (Å²) in [5.74, 6) is 0.326. The molecule has 0 spiro atoms. The number of nitrogens with zero attached hydrogens (tertiary/aromatic N) is 3. The quantitative estimate of drug-likeness (QED) is 0.298. The molecule has 0 amide bonds. The van der Waals surface area contributed by atoms with Crippen LogP contribution in [-0.4, -0.2) is 32.0 Å². The van der Waals surface area contributed by atoms with Crippen LogP contribution in [-0.2, 0) is 13.1 Å². The maximum atomic E-state index is 13.3. The van der Waals surface area contributed by atoms with E-state index in [4.69, 9.17) is 5.73 Å². The van der Waals surface area contributed by atoms with Gasteiger partial charge in [0.2, 0.25) is 0 Å². The zero-order chi connectivity index (χ0) is 24.5. The summed E-state index contributed by atoms with van der Waals surface area (Å²) in [6.45, 7) is -1.99. The standard InChI is InChI=1S/C23H23F4N5O2/c24-10-4-3-7-19(20-29-16-9-8-14(12-28)11-17(16)30-20)32-18-6-2-1-5-15(18)21(33)31(22(32)34)13-23(25,26)27/h1-2,5-6,8-9,11,19H,3-4,7,10,12-13,28H2,(H,29,30). The molecule has 1 atom stereocenters. The van der Waals surface area contributed by atoms with Gasteiger partial charge in [-0.3, -0.25) is 18.3 Å². The molecule has 0 aliphatic rings. The Morgan fingerprint density at radius 2 is 1.85 bits per heavy atom. The smallest absolute Gasteiger partial charge is 0.340 e. The van der Waals surface area contributed by atoms with Crippen molar-refractivity contribution in [2.75, 3.05) is 6.67 Å². The Balaban J connectivity index is 1.98. The van der Waals surface area contributed by atoms with E-state index in [1.54, 1.807) is 24.3 Å². The lowest BCUT2D eigenvalue weighted by atomic mass is 10.1. The molecule has 11 heteroatoms. The van der Waals surface area contributed by atoms with Crippen LogP contribution in [0.1, 0.15) is 36.7 Å². The molecule has 0 saturated carbocycles. The first-order valence-corrected chi connectivity index (χ1v) is 10.8. The predicted molar refractivity (Wildman–Crippen MR) is 120 cm³/mol. The van der Waals surface area contributed by atoms with Crippen molar-refractivity contribution in [3.63, 3.8) is 0 Å². The lowest BCUT2D eigenvalue weighted by Gasteiger charge is -2.22. The number of nitrogens with two attached hydrogens (primary N) is 1. The molecule has 180 valence electrons. The van der Waals surface area contributed by atoms with Gasteiger partial charge in [-0.2, -0.15) is 13.2 Å². The first kappa shape index (κ1) is 23.7. The average Bonchev–Trinajstić information content (AvgIpc) is 3.23. The number of rotatable bonds is 8. The fraction of sp³-hybridized carbons (Fsp3) is 0.348. The zero-order valence-corrected chi connectivity index (χ0v) is 18.1. The van der Waals surface area contributed by atoms with Crippen LogP contribution in [0.4, 0.5) is 17.6 Å². The van der Waals surface area contributed by atoms with E-state index in [0.717, 1.165) is 10.1 Å². The molecule has 0 bridgehead atoms. The van der Waals surface area contributed by atoms with Gasteiger partial charge in [-0.05, 0) is 49.1 Å². The summed E-state index contributed by atoms with van der Waals surface area (Å²) in [7, 11) is 0. The fourth-order valence-corrected chi connectivity index (χ4v) is 4.13. The van der Waals surface area contributed by atoms with Gasteiger partial charge in [-0.1, -0.05) is 18.2 Å². The van der Waals surface area contributed by atoms with Crippen molar-refractivity contribution in [1.82, 2.24) is 19.1 Å². The van der Waals surface area contributed by atoms with E-state index in [-0.39, 0.29) is 28.3 Å². The molecule has 34 heavy (non-hydrogen) atoms. The first-order chi connectivity index (χ1) is 16.2. The number of nitrogens with one attached hydrogen (secondary N) is 1. The molecule has 4 aromatic rings. The van der Waals surface area contributed by atoms with Crippen LogP contribution < -0.4 is 17.0 Å². The second-order valence-corrected chi connectivity index (χ2v) is 8.05. The van der Waals surface area contributed by atoms with Crippen LogP contribution in [0.3, 0.4) is 0 Å². The normalized spacial score (nSPS) is 13.1. The van der Waals surface area contributed by atoms with Crippen molar-refractivity contribution in [2.24, 2.45) is 5.73 Å². The molecule has 3 N–H and O–H groups in total. The van der Waals surface area contributed by atoms with E-state index in [1.807, 2.05) is 0 Å². The van der Waals surface area contributed by atoms with E-state index < -0.39 is 36.7 Å². The number of benzene rings is 2. The van der Waals surface area contributed by atoms with Crippen molar-refractivity contribution in [3.8, 4) is 0 Å². The molecule has 2 aromatic heterocycles. The maximum absolute atomic E-state index is 13.3. The largest absolute Gasteiger partial charge is 0.406 e. The number of halogens is 4. The van der Waals surface area contributed by atoms with Crippen molar-refractivity contribution in [1.29, 1.82) is 0 Å². The van der Waals surface area contributed by atoms with Crippen LogP contribution in [0.5, 0.6) is 0 Å². The monoisotopic (exact) mass is 477 g/mol. The Morgan fingerprint density at radius 3 is 2.56 bits per heavy atom. The van der Waals surface area contributed by atoms with E-state index in [9.17, 15) is 27.2 Å². The van der Waals surface area contributed by atoms with Gasteiger partial charge in [0.05, 0.1) is 34.7 Å². The van der Waals surface area contributed by atoms with E-state index in [1.165, 1.54) is 18.2 Å². The highest BCUT2D eigenvalue weighted by molar-refractivity contribution is 5.79. The van der Waals surface area contributed by atoms with E-state index in [2.05, 4.69) is 9.97 Å². The van der Waals surface area contributed by atoms with Crippen molar-refractivity contribution in [3.05, 3.63) is 74.7 Å². The topological polar surface area (TPSA) is 98.7 Å². The van der Waals surface area contributed by atoms with Crippen LogP contribution in [0.15, 0.2) is 52.1 Å². The summed E-state index contributed by atoms with van der Waals surface area (Å²) >= 11 is 0. The summed E-state index contributed by atoms with van der Waals surface area (Å²) in [5, 5.41) is -0.0247. The lowest BCUT2D eigenvalue weighted by Crippen LogP contribution is -2.44. The SMILES string of the molecule is NCc1ccc2nc(C(CCCCF)n3c(=O)n(CC(F)(F)F)c(=O)c4ccccc43)[nH]c2c1. The third-order valence-electron chi connectivity index (χ3n) is 5.70. The summed E-state index contributed by atoms with van der Waals surface area (Å²) < 4.78 is 53.9. The second kappa shape index (κ2) is 9.41. The van der Waals surface area contributed by atoms with Gasteiger partial charge in [-0.25, -0.2) is 9.78 Å². The number of imidazole rings is 1. The highest BCUT2D eigenvalue weighted by Gasteiger charge is 2.32. The minimum absolute atomic E-state index is 0.0247. The van der Waals surface area contributed by atoms with E-state index in [0.29, 0.717) is 29.8 Å². The van der Waals surface area contributed by atoms with Crippen LogP contribution in [0, 0.1) is 0 Å². The van der Waals surface area contributed by atoms with Gasteiger partial charge in [0, 0.05) is 6.54 Å². The Kier molecular flexibility index (Phi) is 6.56. The molecule has 7 nitrogen and oxygen atoms in total. The third-order valence-corrected chi connectivity index (χ3v) is 5.70. The number of hydrogen-bond acceptors (Lipinski definition) is 4. The molecule has 0 saturated heterocycles. The van der Waals surface area contributed by atoms with Gasteiger partial charge in [0.15, 0.2) is 0 Å². The Bertz CT molecular complexity index is 1440. The molecule has 0 aliphatic heterocycles. The zero-order valence-electron chi connectivity index (χ0n) is 18.1. The number of aromatic amines is 1. The maximum Gasteiger partial charge on any atom is 0.406 e. The van der Waals surface area contributed by atoms with Gasteiger partial charge in [-0.15, -0.1) is 0 Å². The predicted octanol–water partition coefficient (Wildman–Crippen LogP) is 3.79. The molecule has 0 radical (unpaired) electrons. The molecule has 1 unspecified atom stereocenters. The summed E-state index contributed by atoms with van der Waals surface area (Å²) in [5.41, 5.74) is 5.85. The molecule has 2 heterocycles. The second-order valence-electron chi connectivity index (χ2n) is 8.05. The average molecular weight is 477 g/mol. The number of H-pyrrole nitrogens is 1. The molecular weight excluding hydrogens is 454 g/mol. The van der Waals surface area contributed by atoms with Crippen molar-refractivity contribution < 1.29 is 17.6 Å². The number of unbranched alkanes of at least 4 members (excludes halogenated alkanes) is 1. The molecular formula is C23H23F4N5O2. The van der Waals surface area contributed by atoms with Crippen LogP contribution >= 0.6 is 0 Å². The summed E-state index contributed by atoms with van der Waals surface area (Å²) in [6, 6.07) is 10.5. The van der Waals surface area contributed by atoms with Crippen molar-refractivity contribution >= 4 is 21.9 Å². The highest BCUT2D eigenvalue weighted by atomic mass is 19.4. The van der Waals surface area contributed by atoms with Gasteiger partial charge in [0.1, 0.15) is 12.4 Å². The molecule has 0 fully saturated rings. The summed E-state index contributed by atoms with van der Waals surface area (Å²) in [4.78, 5) is 33.8. The van der Waals surface area contributed by atoms with Gasteiger partial charge < -0.3 is 10.7 Å². The van der Waals surface area contributed by atoms with Gasteiger partial charge in [0.25, 0.3) is 5.56 Å². The Hall–Kier alpha value is -3.47. The minimum Gasteiger partial charge on any atom is -0.340 e. The number of alkyl halides is 4. The van der Waals surface area contributed by atoms with Crippen LogP contribution in [0.25, 0.3) is 21.9 Å². The molecule has 0 aliphatic carbocycles. The van der Waals surface area contributed by atoms with Crippen molar-refractivity contribution in [2.45, 2.75) is 44.6 Å². The number of aromatic nitrogens is 4. The molecule has 2 aromatic carbocycles. The lowest BCUT2D eigenvalue weighted by molar-refractivity contribution is -0.142. The number of fused-ring (bicyclic) bond motifs is 2. The third kappa shape index (κ3) is 4.60. The number of para-hydroxylation sites is 1. The van der Waals surface area contributed by atoms with Gasteiger partial charge >= 0.3 is 11.9 Å². The van der Waals surface area contributed by atoms with E-state index >= 15 is 0 Å². The number of hydrogen-bond donors (Lipinski definition) is 2. The Morgan fingerprint density at radius 1 is 1.09 bits per heavy atom. The fourth-order valence-electron chi connectivity index (χ4n) is 4.13. The Labute approximate surface area is 190 Å². The molecule has 4 rings (SSSR count).